The van der Waals surface area contributed by atoms with Gasteiger partial charge >= 0.3 is 0 Å². The number of carbonyl (C=O) groups is 1. The van der Waals surface area contributed by atoms with E-state index >= 15 is 0 Å². The second-order valence-corrected chi connectivity index (χ2v) is 9.98. The van der Waals surface area contributed by atoms with Gasteiger partial charge in [-0.3, -0.25) is 9.10 Å². The fourth-order valence-corrected chi connectivity index (χ4v) is 5.36. The number of sulfonamides is 1. The van der Waals surface area contributed by atoms with Crippen LogP contribution in [0.2, 0.25) is 0 Å². The lowest BCUT2D eigenvalue weighted by Crippen LogP contribution is -2.56. The molecule has 2 aromatic rings. The average Bonchev–Trinajstić information content (AvgIpc) is 2.70. The van der Waals surface area contributed by atoms with E-state index in [2.05, 4.69) is 4.90 Å². The Hall–Kier alpha value is -2.61. The zero-order chi connectivity index (χ0) is 22.8. The van der Waals surface area contributed by atoms with Crippen LogP contribution in [-0.4, -0.2) is 57.7 Å². The molecule has 0 aromatic heterocycles. The highest BCUT2D eigenvalue weighted by Crippen LogP contribution is 2.26. The molecule has 1 saturated heterocycles. The molecule has 0 N–H and O–H groups in total. The van der Waals surface area contributed by atoms with E-state index in [4.69, 9.17) is 0 Å². The maximum Gasteiger partial charge on any atom is 0.246 e. The quantitative estimate of drug-likeness (QED) is 0.682. The van der Waals surface area contributed by atoms with E-state index in [1.54, 1.807) is 29.2 Å². The maximum absolute atomic E-state index is 13.4. The fraction of sp³-hybridized carbons (Fsp3) is 0.435. The summed E-state index contributed by atoms with van der Waals surface area (Å²) in [5.41, 5.74) is 3.32. The van der Waals surface area contributed by atoms with Gasteiger partial charge in [0.1, 0.15) is 11.9 Å². The molecular formula is C23H30FN3O3S. The van der Waals surface area contributed by atoms with Gasteiger partial charge in [0.15, 0.2) is 0 Å². The van der Waals surface area contributed by atoms with E-state index in [0.717, 1.165) is 23.1 Å². The van der Waals surface area contributed by atoms with E-state index < -0.39 is 16.1 Å². The molecule has 6 nitrogen and oxygen atoms in total. The predicted molar refractivity (Wildman–Crippen MR) is 123 cm³/mol. The summed E-state index contributed by atoms with van der Waals surface area (Å²) in [5, 5.41) is 0. The molecular weight excluding hydrogens is 417 g/mol. The van der Waals surface area contributed by atoms with Crippen molar-refractivity contribution in [3.05, 3.63) is 59.4 Å². The van der Waals surface area contributed by atoms with Gasteiger partial charge in [0.25, 0.3) is 0 Å². The van der Waals surface area contributed by atoms with Crippen LogP contribution in [0.4, 0.5) is 15.8 Å². The molecule has 168 valence electrons. The molecule has 1 aliphatic rings. The maximum atomic E-state index is 13.4. The third kappa shape index (κ3) is 5.36. The van der Waals surface area contributed by atoms with Gasteiger partial charge in [0.05, 0.1) is 11.9 Å². The molecule has 0 radical (unpaired) electrons. The molecule has 31 heavy (non-hydrogen) atoms. The van der Waals surface area contributed by atoms with Crippen molar-refractivity contribution >= 4 is 27.3 Å². The van der Waals surface area contributed by atoms with Crippen molar-refractivity contribution in [3.8, 4) is 0 Å². The van der Waals surface area contributed by atoms with Crippen molar-refractivity contribution in [2.45, 2.75) is 33.2 Å². The van der Waals surface area contributed by atoms with Gasteiger partial charge in [-0.25, -0.2) is 12.8 Å². The van der Waals surface area contributed by atoms with E-state index in [1.807, 2.05) is 26.8 Å². The van der Waals surface area contributed by atoms with Crippen LogP contribution >= 0.6 is 0 Å². The minimum atomic E-state index is -3.66. The minimum absolute atomic E-state index is 0.189. The van der Waals surface area contributed by atoms with Crippen molar-refractivity contribution in [2.75, 3.05) is 41.6 Å². The van der Waals surface area contributed by atoms with Crippen LogP contribution in [0.1, 0.15) is 24.5 Å². The third-order valence-corrected chi connectivity index (χ3v) is 6.74. The van der Waals surface area contributed by atoms with Crippen LogP contribution in [0, 0.1) is 19.7 Å². The number of nitrogens with zero attached hydrogens (tertiary/aromatic N) is 3. The number of rotatable bonds is 6. The molecule has 0 unspecified atom stereocenters. The highest BCUT2D eigenvalue weighted by Gasteiger charge is 2.35. The topological polar surface area (TPSA) is 60.9 Å². The SMILES string of the molecule is CC[C@@H](C(=O)N1CCN(c2ccc(F)cc2)CC1)N(c1cc(C)cc(C)c1)S(C)(=O)=O. The summed E-state index contributed by atoms with van der Waals surface area (Å²) in [6.45, 7) is 7.84. The summed E-state index contributed by atoms with van der Waals surface area (Å²) in [4.78, 5) is 17.2. The lowest BCUT2D eigenvalue weighted by atomic mass is 10.1. The fourth-order valence-electron chi connectivity index (χ4n) is 4.17. The molecule has 1 amide bonds. The Bertz CT molecular complexity index is 1010. The Labute approximate surface area is 184 Å². The molecule has 0 bridgehead atoms. The molecule has 8 heteroatoms. The van der Waals surface area contributed by atoms with E-state index in [1.165, 1.54) is 16.4 Å². The van der Waals surface area contributed by atoms with Crippen LogP contribution in [-0.2, 0) is 14.8 Å². The number of hydrogen-bond acceptors (Lipinski definition) is 4. The molecule has 1 atom stereocenters. The third-order valence-electron chi connectivity index (χ3n) is 5.56. The van der Waals surface area contributed by atoms with E-state index in [0.29, 0.717) is 38.3 Å². The van der Waals surface area contributed by atoms with Crippen LogP contribution in [0.25, 0.3) is 0 Å². The first kappa shape index (κ1) is 23.1. The molecule has 0 saturated carbocycles. The first-order valence-corrected chi connectivity index (χ1v) is 12.3. The number of amides is 1. The highest BCUT2D eigenvalue weighted by atomic mass is 32.2. The lowest BCUT2D eigenvalue weighted by Gasteiger charge is -2.39. The smallest absolute Gasteiger partial charge is 0.246 e. The zero-order valence-electron chi connectivity index (χ0n) is 18.5. The molecule has 0 aliphatic carbocycles. The summed E-state index contributed by atoms with van der Waals surface area (Å²) >= 11 is 0. The van der Waals surface area contributed by atoms with Crippen molar-refractivity contribution < 1.29 is 17.6 Å². The van der Waals surface area contributed by atoms with Crippen molar-refractivity contribution in [3.63, 3.8) is 0 Å². The first-order chi connectivity index (χ1) is 14.6. The Morgan fingerprint density at radius 2 is 1.58 bits per heavy atom. The van der Waals surface area contributed by atoms with Crippen LogP contribution in [0.3, 0.4) is 0 Å². The molecule has 2 aromatic carbocycles. The number of hydrogen-bond donors (Lipinski definition) is 0. The predicted octanol–water partition coefficient (Wildman–Crippen LogP) is 3.34. The van der Waals surface area contributed by atoms with Gasteiger partial charge in [-0.1, -0.05) is 13.0 Å². The lowest BCUT2D eigenvalue weighted by molar-refractivity contribution is -0.132. The normalized spacial score (nSPS) is 15.6. The number of aryl methyl sites for hydroxylation is 2. The van der Waals surface area contributed by atoms with Crippen LogP contribution < -0.4 is 9.21 Å². The number of anilines is 2. The largest absolute Gasteiger partial charge is 0.368 e. The number of piperazine rings is 1. The molecule has 1 heterocycles. The number of halogens is 1. The average molecular weight is 448 g/mol. The summed E-state index contributed by atoms with van der Waals surface area (Å²) in [7, 11) is -3.66. The monoisotopic (exact) mass is 447 g/mol. The minimum Gasteiger partial charge on any atom is -0.368 e. The van der Waals surface area contributed by atoms with Crippen molar-refractivity contribution in [1.29, 1.82) is 0 Å². The molecule has 3 rings (SSSR count). The highest BCUT2D eigenvalue weighted by molar-refractivity contribution is 7.92. The van der Waals surface area contributed by atoms with Gasteiger partial charge in [0, 0.05) is 31.9 Å². The Morgan fingerprint density at radius 1 is 1.03 bits per heavy atom. The molecule has 1 fully saturated rings. The first-order valence-electron chi connectivity index (χ1n) is 10.5. The Balaban J connectivity index is 1.80. The second-order valence-electron chi connectivity index (χ2n) is 8.12. The van der Waals surface area contributed by atoms with Crippen LogP contribution in [0.15, 0.2) is 42.5 Å². The van der Waals surface area contributed by atoms with Crippen molar-refractivity contribution in [2.24, 2.45) is 0 Å². The Morgan fingerprint density at radius 3 is 2.06 bits per heavy atom. The van der Waals surface area contributed by atoms with Gasteiger partial charge in [0.2, 0.25) is 15.9 Å². The molecule has 0 spiro atoms. The summed E-state index contributed by atoms with van der Waals surface area (Å²) in [5.74, 6) is -0.471. The molecule has 1 aliphatic heterocycles. The van der Waals surface area contributed by atoms with E-state index in [-0.39, 0.29) is 11.7 Å². The zero-order valence-corrected chi connectivity index (χ0v) is 19.3. The van der Waals surface area contributed by atoms with Gasteiger partial charge < -0.3 is 9.80 Å². The summed E-state index contributed by atoms with van der Waals surface area (Å²) < 4.78 is 39.9. The van der Waals surface area contributed by atoms with Gasteiger partial charge in [-0.05, 0) is 67.8 Å². The second kappa shape index (κ2) is 9.26. The van der Waals surface area contributed by atoms with Gasteiger partial charge in [-0.2, -0.15) is 0 Å². The standard InChI is InChI=1S/C23H30FN3O3S/c1-5-22(27(31(4,29)30)21-15-17(2)14-18(3)16-21)23(28)26-12-10-25(11-13-26)20-8-6-19(24)7-9-20/h6-9,14-16,22H,5,10-13H2,1-4H3/t22-/m0/s1. The summed E-state index contributed by atoms with van der Waals surface area (Å²) in [6, 6.07) is 11.1. The van der Waals surface area contributed by atoms with Crippen molar-refractivity contribution in [1.82, 2.24) is 4.90 Å². The number of benzene rings is 2. The van der Waals surface area contributed by atoms with Crippen LogP contribution in [0.5, 0.6) is 0 Å². The number of carbonyl (C=O) groups excluding carboxylic acids is 1. The van der Waals surface area contributed by atoms with Gasteiger partial charge in [-0.15, -0.1) is 0 Å². The van der Waals surface area contributed by atoms with E-state index in [9.17, 15) is 17.6 Å². The summed E-state index contributed by atoms with van der Waals surface area (Å²) in [6.07, 6.45) is 1.52. The Kier molecular flexibility index (Phi) is 6.89.